The number of ether oxygens (including phenoxy) is 1. The number of hydrogen-bond acceptors (Lipinski definition) is 3. The molecule has 1 unspecified atom stereocenters. The van der Waals surface area contributed by atoms with Crippen LogP contribution in [0.3, 0.4) is 0 Å². The molecular weight excluding hydrogens is 224 g/mol. The Labute approximate surface area is 110 Å². The summed E-state index contributed by atoms with van der Waals surface area (Å²) in [5.41, 5.74) is 2.84. The van der Waals surface area contributed by atoms with Crippen molar-refractivity contribution in [1.29, 1.82) is 0 Å². The summed E-state index contributed by atoms with van der Waals surface area (Å²) in [5, 5.41) is 3.52. The minimum Gasteiger partial charge on any atom is -0.383 e. The highest BCUT2D eigenvalue weighted by Crippen LogP contribution is 2.29. The van der Waals surface area contributed by atoms with Gasteiger partial charge in [-0.3, -0.25) is 0 Å². The summed E-state index contributed by atoms with van der Waals surface area (Å²) in [6, 6.07) is 9.63. The topological polar surface area (TPSA) is 24.5 Å². The van der Waals surface area contributed by atoms with Crippen molar-refractivity contribution in [3.63, 3.8) is 0 Å². The van der Waals surface area contributed by atoms with E-state index < -0.39 is 0 Å². The molecule has 1 aromatic carbocycles. The van der Waals surface area contributed by atoms with Crippen molar-refractivity contribution >= 4 is 5.69 Å². The van der Waals surface area contributed by atoms with Crippen molar-refractivity contribution in [1.82, 2.24) is 5.32 Å². The number of nitrogens with one attached hydrogen (secondary N) is 1. The fraction of sp³-hybridized carbons (Fsp3) is 0.600. The van der Waals surface area contributed by atoms with E-state index in [2.05, 4.69) is 48.3 Å². The van der Waals surface area contributed by atoms with Gasteiger partial charge in [-0.2, -0.15) is 0 Å². The van der Waals surface area contributed by atoms with Crippen LogP contribution in [0.25, 0.3) is 0 Å². The largest absolute Gasteiger partial charge is 0.383 e. The highest BCUT2D eigenvalue weighted by molar-refractivity contribution is 5.58. The predicted octanol–water partition coefficient (Wildman–Crippen LogP) is 2.06. The predicted molar refractivity (Wildman–Crippen MR) is 76.3 cm³/mol. The Morgan fingerprint density at radius 1 is 1.33 bits per heavy atom. The smallest absolute Gasteiger partial charge is 0.0678 e. The third kappa shape index (κ3) is 3.03. The molecule has 1 atom stereocenters. The van der Waals surface area contributed by atoms with Crippen LogP contribution in [0.2, 0.25) is 0 Å². The van der Waals surface area contributed by atoms with E-state index in [1.807, 2.05) is 0 Å². The number of hydrogen-bond donors (Lipinski definition) is 1. The normalized spacial score (nSPS) is 16.1. The van der Waals surface area contributed by atoms with Gasteiger partial charge in [-0.25, -0.2) is 0 Å². The van der Waals surface area contributed by atoms with Crippen molar-refractivity contribution in [2.45, 2.75) is 32.4 Å². The average Bonchev–Trinajstić information content (AvgIpc) is 2.78. The van der Waals surface area contributed by atoms with E-state index in [0.29, 0.717) is 12.1 Å². The van der Waals surface area contributed by atoms with E-state index in [9.17, 15) is 0 Å². The molecule has 0 fully saturated rings. The lowest BCUT2D eigenvalue weighted by atomic mass is 10.1. The molecule has 1 aromatic rings. The van der Waals surface area contributed by atoms with E-state index in [0.717, 1.165) is 26.1 Å². The monoisotopic (exact) mass is 248 g/mol. The summed E-state index contributed by atoms with van der Waals surface area (Å²) < 4.78 is 5.38. The third-order valence-corrected chi connectivity index (χ3v) is 3.48. The van der Waals surface area contributed by atoms with Gasteiger partial charge in [-0.05, 0) is 18.1 Å². The van der Waals surface area contributed by atoms with Crippen molar-refractivity contribution in [2.24, 2.45) is 0 Å². The molecule has 1 aliphatic rings. The lowest BCUT2D eigenvalue weighted by Crippen LogP contribution is -2.46. The molecule has 1 heterocycles. The molecule has 0 bridgehead atoms. The molecule has 100 valence electrons. The Kier molecular flexibility index (Phi) is 4.61. The van der Waals surface area contributed by atoms with E-state index in [1.165, 1.54) is 11.3 Å². The van der Waals surface area contributed by atoms with Gasteiger partial charge >= 0.3 is 0 Å². The lowest BCUT2D eigenvalue weighted by Gasteiger charge is -2.30. The second-order valence-electron chi connectivity index (χ2n) is 5.24. The molecule has 0 spiro atoms. The first-order chi connectivity index (χ1) is 8.72. The Morgan fingerprint density at radius 3 is 2.83 bits per heavy atom. The van der Waals surface area contributed by atoms with Gasteiger partial charge in [0.05, 0.1) is 12.6 Å². The minimum atomic E-state index is 0.418. The molecule has 0 aliphatic carbocycles. The lowest BCUT2D eigenvalue weighted by molar-refractivity contribution is 0.175. The molecule has 0 aromatic heterocycles. The molecule has 0 saturated heterocycles. The number of anilines is 1. The molecule has 1 N–H and O–H groups in total. The number of fused-ring (bicyclic) bond motifs is 1. The van der Waals surface area contributed by atoms with Crippen LogP contribution >= 0.6 is 0 Å². The first kappa shape index (κ1) is 13.4. The second-order valence-corrected chi connectivity index (χ2v) is 5.24. The Balaban J connectivity index is 2.07. The average molecular weight is 248 g/mol. The van der Waals surface area contributed by atoms with Gasteiger partial charge < -0.3 is 15.0 Å². The number of methoxy groups -OCH3 is 1. The summed E-state index contributed by atoms with van der Waals surface area (Å²) in [4.78, 5) is 2.48. The maximum Gasteiger partial charge on any atom is 0.0678 e. The molecule has 1 aliphatic heterocycles. The van der Waals surface area contributed by atoms with Crippen LogP contribution in [0.5, 0.6) is 0 Å². The second kappa shape index (κ2) is 6.21. The van der Waals surface area contributed by atoms with Gasteiger partial charge in [0.15, 0.2) is 0 Å². The van der Waals surface area contributed by atoms with Crippen LogP contribution in [0.15, 0.2) is 24.3 Å². The Bertz CT molecular complexity index is 379. The zero-order chi connectivity index (χ0) is 13.0. The SMILES string of the molecule is COCC(CNC(C)C)N1CCc2ccccc21. The van der Waals surface area contributed by atoms with Crippen LogP contribution in [0.4, 0.5) is 5.69 Å². The molecular formula is C15H24N2O. The summed E-state index contributed by atoms with van der Waals surface area (Å²) in [6.07, 6.45) is 1.15. The number of rotatable bonds is 6. The van der Waals surface area contributed by atoms with E-state index in [1.54, 1.807) is 7.11 Å². The molecule has 0 amide bonds. The number of para-hydroxylation sites is 1. The Morgan fingerprint density at radius 2 is 2.11 bits per heavy atom. The summed E-state index contributed by atoms with van der Waals surface area (Å²) in [5.74, 6) is 0. The summed E-state index contributed by atoms with van der Waals surface area (Å²) >= 11 is 0. The molecule has 18 heavy (non-hydrogen) atoms. The third-order valence-electron chi connectivity index (χ3n) is 3.48. The minimum absolute atomic E-state index is 0.418. The van der Waals surface area contributed by atoms with Gasteiger partial charge in [-0.15, -0.1) is 0 Å². The zero-order valence-corrected chi connectivity index (χ0v) is 11.6. The van der Waals surface area contributed by atoms with Crippen LogP contribution < -0.4 is 10.2 Å². The van der Waals surface area contributed by atoms with Crippen LogP contribution in [-0.2, 0) is 11.2 Å². The van der Waals surface area contributed by atoms with Gasteiger partial charge in [0, 0.05) is 31.9 Å². The number of benzene rings is 1. The molecule has 3 nitrogen and oxygen atoms in total. The van der Waals surface area contributed by atoms with Gasteiger partial charge in [0.2, 0.25) is 0 Å². The maximum atomic E-state index is 5.38. The van der Waals surface area contributed by atoms with Crippen molar-refractivity contribution in [3.8, 4) is 0 Å². The zero-order valence-electron chi connectivity index (χ0n) is 11.6. The number of nitrogens with zero attached hydrogens (tertiary/aromatic N) is 1. The molecule has 0 saturated carbocycles. The fourth-order valence-corrected chi connectivity index (χ4v) is 2.57. The van der Waals surface area contributed by atoms with Gasteiger partial charge in [0.25, 0.3) is 0 Å². The summed E-state index contributed by atoms with van der Waals surface area (Å²) in [6.45, 7) is 7.21. The maximum absolute atomic E-state index is 5.38. The first-order valence-electron chi connectivity index (χ1n) is 6.79. The highest BCUT2D eigenvalue weighted by Gasteiger charge is 2.25. The van der Waals surface area contributed by atoms with E-state index in [-0.39, 0.29) is 0 Å². The Hall–Kier alpha value is -1.06. The standard InChI is InChI=1S/C15H24N2O/c1-12(2)16-10-14(11-18-3)17-9-8-13-6-4-5-7-15(13)17/h4-7,12,14,16H,8-11H2,1-3H3. The first-order valence-corrected chi connectivity index (χ1v) is 6.79. The van der Waals surface area contributed by atoms with Gasteiger partial charge in [0.1, 0.15) is 0 Å². The van der Waals surface area contributed by atoms with Crippen molar-refractivity contribution in [3.05, 3.63) is 29.8 Å². The fourth-order valence-electron chi connectivity index (χ4n) is 2.57. The van der Waals surface area contributed by atoms with Crippen molar-refractivity contribution < 1.29 is 4.74 Å². The van der Waals surface area contributed by atoms with Gasteiger partial charge in [-0.1, -0.05) is 32.0 Å². The molecule has 0 radical (unpaired) electrons. The van der Waals surface area contributed by atoms with E-state index in [4.69, 9.17) is 4.74 Å². The van der Waals surface area contributed by atoms with E-state index >= 15 is 0 Å². The summed E-state index contributed by atoms with van der Waals surface area (Å²) in [7, 11) is 1.78. The molecule has 3 heteroatoms. The van der Waals surface area contributed by atoms with Crippen LogP contribution in [0.1, 0.15) is 19.4 Å². The van der Waals surface area contributed by atoms with Crippen LogP contribution in [0, 0.1) is 0 Å². The highest BCUT2D eigenvalue weighted by atomic mass is 16.5. The van der Waals surface area contributed by atoms with Crippen LogP contribution in [-0.4, -0.2) is 38.9 Å². The quantitative estimate of drug-likeness (QED) is 0.834. The van der Waals surface area contributed by atoms with Crippen molar-refractivity contribution in [2.75, 3.05) is 31.7 Å². The molecule has 2 rings (SSSR count).